The number of primary amides is 1. The monoisotopic (exact) mass is 367 g/mol. The highest BCUT2D eigenvalue weighted by Gasteiger charge is 2.17. The molecule has 1 aliphatic rings. The number of amides is 2. The van der Waals surface area contributed by atoms with Gasteiger partial charge in [0.25, 0.3) is 5.91 Å². The highest BCUT2D eigenvalue weighted by molar-refractivity contribution is 6.02. The Balaban J connectivity index is 1.53. The quantitative estimate of drug-likeness (QED) is 0.617. The van der Waals surface area contributed by atoms with Gasteiger partial charge in [0.15, 0.2) is 0 Å². The van der Waals surface area contributed by atoms with Crippen molar-refractivity contribution in [2.45, 2.75) is 0 Å². The van der Waals surface area contributed by atoms with Crippen LogP contribution in [-0.2, 0) is 4.79 Å². The fraction of sp³-hybridized carbons (Fsp3) is 0.300. The molecule has 0 saturated carbocycles. The maximum Gasteiger partial charge on any atom is 0.250 e. The summed E-state index contributed by atoms with van der Waals surface area (Å²) in [7, 11) is 0. The van der Waals surface area contributed by atoms with Crippen LogP contribution in [0.2, 0.25) is 0 Å². The molecule has 7 nitrogen and oxygen atoms in total. The van der Waals surface area contributed by atoms with Crippen molar-refractivity contribution in [3.05, 3.63) is 54.1 Å². The van der Waals surface area contributed by atoms with Crippen LogP contribution >= 0.6 is 0 Å². The van der Waals surface area contributed by atoms with Crippen molar-refractivity contribution in [2.75, 3.05) is 54.8 Å². The number of piperazine rings is 1. The maximum absolute atomic E-state index is 11.7. The molecule has 0 atom stereocenters. The van der Waals surface area contributed by atoms with Crippen molar-refractivity contribution in [3.8, 4) is 0 Å². The van der Waals surface area contributed by atoms with E-state index in [0.29, 0.717) is 29.9 Å². The Kier molecular flexibility index (Phi) is 6.27. The van der Waals surface area contributed by atoms with Crippen LogP contribution in [0, 0.1) is 0 Å². The number of carbonyl (C=O) groups is 2. The van der Waals surface area contributed by atoms with Crippen molar-refractivity contribution in [2.24, 2.45) is 5.73 Å². The topological polar surface area (TPSA) is 90.7 Å². The molecule has 2 amide bonds. The fourth-order valence-electron chi connectivity index (χ4n) is 3.34. The summed E-state index contributed by atoms with van der Waals surface area (Å²) in [4.78, 5) is 27.2. The lowest BCUT2D eigenvalue weighted by molar-refractivity contribution is -0.105. The summed E-state index contributed by atoms with van der Waals surface area (Å²) in [6, 6.07) is 15.5. The van der Waals surface area contributed by atoms with Crippen LogP contribution in [0.4, 0.5) is 17.1 Å². The lowest BCUT2D eigenvalue weighted by atomic mass is 10.1. The minimum atomic E-state index is -0.525. The second-order valence-electron chi connectivity index (χ2n) is 6.45. The third kappa shape index (κ3) is 4.77. The van der Waals surface area contributed by atoms with Crippen LogP contribution in [0.15, 0.2) is 48.5 Å². The zero-order valence-electron chi connectivity index (χ0n) is 15.2. The van der Waals surface area contributed by atoms with Crippen molar-refractivity contribution in [3.63, 3.8) is 0 Å². The standard InChI is InChI=1S/C20H25N5O2/c21-20(27)17-7-4-8-18(23-15-26)19(17)22-9-10-24-11-13-25(14-12-24)16-5-2-1-3-6-16/h1-8,15,22H,9-14H2,(H2,21,27)(H,23,26). The SMILES string of the molecule is NC(=O)c1cccc(NC=O)c1NCCN1CCN(c2ccccc2)CC1. The number of para-hydroxylation sites is 2. The van der Waals surface area contributed by atoms with E-state index in [1.165, 1.54) is 5.69 Å². The molecule has 0 aromatic heterocycles. The van der Waals surface area contributed by atoms with E-state index in [9.17, 15) is 9.59 Å². The molecule has 1 fully saturated rings. The highest BCUT2D eigenvalue weighted by Crippen LogP contribution is 2.25. The maximum atomic E-state index is 11.7. The molecule has 0 radical (unpaired) electrons. The van der Waals surface area contributed by atoms with Crippen LogP contribution < -0.4 is 21.3 Å². The minimum absolute atomic E-state index is 0.371. The van der Waals surface area contributed by atoms with E-state index in [4.69, 9.17) is 5.73 Å². The van der Waals surface area contributed by atoms with Gasteiger partial charge in [0.05, 0.1) is 16.9 Å². The molecule has 2 aromatic carbocycles. The smallest absolute Gasteiger partial charge is 0.250 e. The highest BCUT2D eigenvalue weighted by atomic mass is 16.1. The molecule has 2 aromatic rings. The average molecular weight is 367 g/mol. The van der Waals surface area contributed by atoms with E-state index in [2.05, 4.69) is 44.7 Å². The number of carbonyl (C=O) groups excluding carboxylic acids is 2. The zero-order chi connectivity index (χ0) is 19.1. The van der Waals surface area contributed by atoms with Gasteiger partial charge in [-0.25, -0.2) is 0 Å². The summed E-state index contributed by atoms with van der Waals surface area (Å²) in [5, 5.41) is 5.87. The molecule has 27 heavy (non-hydrogen) atoms. The van der Waals surface area contributed by atoms with Gasteiger partial charge in [-0.1, -0.05) is 24.3 Å². The van der Waals surface area contributed by atoms with E-state index in [0.717, 1.165) is 32.7 Å². The minimum Gasteiger partial charge on any atom is -0.381 e. The van der Waals surface area contributed by atoms with Gasteiger partial charge in [0.1, 0.15) is 0 Å². The summed E-state index contributed by atoms with van der Waals surface area (Å²) in [6.45, 7) is 5.43. The van der Waals surface area contributed by atoms with Crippen LogP contribution in [0.1, 0.15) is 10.4 Å². The third-order valence-electron chi connectivity index (χ3n) is 4.77. The first-order chi connectivity index (χ1) is 13.2. The molecule has 4 N–H and O–H groups in total. The van der Waals surface area contributed by atoms with E-state index < -0.39 is 5.91 Å². The zero-order valence-corrected chi connectivity index (χ0v) is 15.2. The first kappa shape index (κ1) is 18.7. The molecule has 0 unspecified atom stereocenters. The first-order valence-corrected chi connectivity index (χ1v) is 9.08. The second kappa shape index (κ2) is 9.05. The summed E-state index contributed by atoms with van der Waals surface area (Å²) in [5.74, 6) is -0.525. The number of hydrogen-bond donors (Lipinski definition) is 3. The molecule has 142 valence electrons. The van der Waals surface area contributed by atoms with Crippen LogP contribution in [-0.4, -0.2) is 56.5 Å². The molecule has 0 spiro atoms. The molecule has 0 aliphatic carbocycles. The Morgan fingerprint density at radius 3 is 2.44 bits per heavy atom. The summed E-state index contributed by atoms with van der Waals surface area (Å²) >= 11 is 0. The number of nitrogens with two attached hydrogens (primary N) is 1. The van der Waals surface area contributed by atoms with Crippen molar-refractivity contribution in [1.29, 1.82) is 0 Å². The summed E-state index contributed by atoms with van der Waals surface area (Å²) < 4.78 is 0. The molecule has 1 saturated heterocycles. The number of benzene rings is 2. The normalized spacial score (nSPS) is 14.6. The average Bonchev–Trinajstić information content (AvgIpc) is 2.70. The molecule has 1 heterocycles. The summed E-state index contributed by atoms with van der Waals surface area (Å²) in [5.41, 5.74) is 8.20. The van der Waals surface area contributed by atoms with Gasteiger partial charge in [-0.05, 0) is 24.3 Å². The van der Waals surface area contributed by atoms with E-state index >= 15 is 0 Å². The Bertz CT molecular complexity index is 773. The van der Waals surface area contributed by atoms with Gasteiger partial charge in [0.2, 0.25) is 6.41 Å². The third-order valence-corrected chi connectivity index (χ3v) is 4.77. The lowest BCUT2D eigenvalue weighted by Crippen LogP contribution is -2.47. The van der Waals surface area contributed by atoms with Gasteiger partial charge in [-0.2, -0.15) is 0 Å². The Hall–Kier alpha value is -3.06. The number of hydrogen-bond acceptors (Lipinski definition) is 5. The Morgan fingerprint density at radius 1 is 1.04 bits per heavy atom. The van der Waals surface area contributed by atoms with Crippen molar-refractivity contribution in [1.82, 2.24) is 4.90 Å². The van der Waals surface area contributed by atoms with Gasteiger partial charge in [-0.3, -0.25) is 14.5 Å². The van der Waals surface area contributed by atoms with Crippen molar-refractivity contribution >= 4 is 29.4 Å². The molecule has 0 bridgehead atoms. The van der Waals surface area contributed by atoms with E-state index in [-0.39, 0.29) is 0 Å². The predicted octanol–water partition coefficient (Wildman–Crippen LogP) is 1.59. The van der Waals surface area contributed by atoms with Gasteiger partial charge in [-0.15, -0.1) is 0 Å². The molecule has 7 heteroatoms. The largest absolute Gasteiger partial charge is 0.381 e. The number of nitrogens with zero attached hydrogens (tertiary/aromatic N) is 2. The first-order valence-electron chi connectivity index (χ1n) is 9.08. The molecular weight excluding hydrogens is 342 g/mol. The van der Waals surface area contributed by atoms with Gasteiger partial charge >= 0.3 is 0 Å². The van der Waals surface area contributed by atoms with Crippen molar-refractivity contribution < 1.29 is 9.59 Å². The number of nitrogens with one attached hydrogen (secondary N) is 2. The Labute approximate surface area is 159 Å². The molecular formula is C20H25N5O2. The second-order valence-corrected chi connectivity index (χ2v) is 6.45. The summed E-state index contributed by atoms with van der Waals surface area (Å²) in [6.07, 6.45) is 0.591. The van der Waals surface area contributed by atoms with Crippen LogP contribution in [0.3, 0.4) is 0 Å². The van der Waals surface area contributed by atoms with Gasteiger partial charge in [0, 0.05) is 45.0 Å². The Morgan fingerprint density at radius 2 is 1.78 bits per heavy atom. The number of rotatable bonds is 8. The van der Waals surface area contributed by atoms with E-state index in [1.807, 2.05) is 6.07 Å². The van der Waals surface area contributed by atoms with E-state index in [1.54, 1.807) is 18.2 Å². The predicted molar refractivity (Wildman–Crippen MR) is 108 cm³/mol. The van der Waals surface area contributed by atoms with Crippen LogP contribution in [0.25, 0.3) is 0 Å². The molecule has 1 aliphatic heterocycles. The molecule has 3 rings (SSSR count). The lowest BCUT2D eigenvalue weighted by Gasteiger charge is -2.36. The van der Waals surface area contributed by atoms with Gasteiger partial charge < -0.3 is 21.3 Å². The fourth-order valence-corrected chi connectivity index (χ4v) is 3.34. The number of anilines is 3. The van der Waals surface area contributed by atoms with Crippen LogP contribution in [0.5, 0.6) is 0 Å².